The Morgan fingerprint density at radius 2 is 1.88 bits per heavy atom. The summed E-state index contributed by atoms with van der Waals surface area (Å²) in [4.78, 5) is 0. The molecular formula is C15H25NO. The van der Waals surface area contributed by atoms with Gasteiger partial charge in [-0.2, -0.15) is 0 Å². The number of benzene rings is 1. The zero-order chi connectivity index (χ0) is 12.9. The Hall–Kier alpha value is -1.02. The summed E-state index contributed by atoms with van der Waals surface area (Å²) in [6.45, 7) is 9.10. The Labute approximate surface area is 105 Å². The fraction of sp³-hybridized carbons (Fsp3) is 0.600. The van der Waals surface area contributed by atoms with Gasteiger partial charge in [-0.1, -0.05) is 26.0 Å². The molecule has 0 aliphatic rings. The fourth-order valence-corrected chi connectivity index (χ4v) is 1.90. The molecule has 0 fully saturated rings. The minimum atomic E-state index is -0.158. The number of rotatable bonds is 6. The first kappa shape index (κ1) is 14.0. The maximum atomic E-state index is 5.95. The molecular weight excluding hydrogens is 210 g/mol. The van der Waals surface area contributed by atoms with E-state index < -0.39 is 0 Å². The van der Waals surface area contributed by atoms with Gasteiger partial charge in [-0.3, -0.25) is 0 Å². The Morgan fingerprint density at radius 1 is 1.18 bits per heavy atom. The van der Waals surface area contributed by atoms with Crippen LogP contribution in [0, 0.1) is 0 Å². The average Bonchev–Trinajstić information content (AvgIpc) is 2.27. The van der Waals surface area contributed by atoms with Crippen LogP contribution in [0.2, 0.25) is 0 Å². The van der Waals surface area contributed by atoms with E-state index in [1.807, 2.05) is 13.8 Å². The van der Waals surface area contributed by atoms with Crippen LogP contribution in [0.3, 0.4) is 0 Å². The fourth-order valence-electron chi connectivity index (χ4n) is 1.90. The van der Waals surface area contributed by atoms with Gasteiger partial charge >= 0.3 is 0 Å². The first-order chi connectivity index (χ1) is 7.98. The van der Waals surface area contributed by atoms with E-state index in [4.69, 9.17) is 10.5 Å². The molecule has 0 bridgehead atoms. The predicted molar refractivity (Wildman–Crippen MR) is 73.6 cm³/mol. The third-order valence-corrected chi connectivity index (χ3v) is 2.97. The van der Waals surface area contributed by atoms with E-state index in [0.29, 0.717) is 6.61 Å². The molecule has 0 atom stereocenters. The quantitative estimate of drug-likeness (QED) is 0.821. The van der Waals surface area contributed by atoms with Gasteiger partial charge in [0.25, 0.3) is 0 Å². The molecule has 0 amide bonds. The molecule has 0 spiro atoms. The summed E-state index contributed by atoms with van der Waals surface area (Å²) in [7, 11) is 0. The van der Waals surface area contributed by atoms with E-state index in [9.17, 15) is 0 Å². The summed E-state index contributed by atoms with van der Waals surface area (Å²) < 4.78 is 5.87. The molecule has 0 saturated heterocycles. The summed E-state index contributed by atoms with van der Waals surface area (Å²) in [6, 6.07) is 6.31. The molecule has 0 aliphatic carbocycles. The summed E-state index contributed by atoms with van der Waals surface area (Å²) in [5, 5.41) is 0. The van der Waals surface area contributed by atoms with E-state index in [0.717, 1.165) is 25.0 Å². The molecule has 1 aromatic carbocycles. The SMILES string of the molecule is CCc1cccc(OCCC(C)(C)N)c1CC. The Morgan fingerprint density at radius 3 is 2.41 bits per heavy atom. The van der Waals surface area contributed by atoms with Crippen LogP contribution < -0.4 is 10.5 Å². The lowest BCUT2D eigenvalue weighted by molar-refractivity contribution is 0.272. The molecule has 2 N–H and O–H groups in total. The lowest BCUT2D eigenvalue weighted by atomic mass is 10.0. The highest BCUT2D eigenvalue weighted by Crippen LogP contribution is 2.24. The molecule has 0 aliphatic heterocycles. The minimum Gasteiger partial charge on any atom is -0.493 e. The minimum absolute atomic E-state index is 0.158. The zero-order valence-electron chi connectivity index (χ0n) is 11.5. The molecule has 0 unspecified atom stereocenters. The number of aryl methyl sites for hydroxylation is 1. The van der Waals surface area contributed by atoms with Crippen LogP contribution in [0.5, 0.6) is 5.75 Å². The van der Waals surface area contributed by atoms with Crippen molar-refractivity contribution in [3.8, 4) is 5.75 Å². The monoisotopic (exact) mass is 235 g/mol. The number of hydrogen-bond acceptors (Lipinski definition) is 2. The van der Waals surface area contributed by atoms with Crippen molar-refractivity contribution in [1.82, 2.24) is 0 Å². The molecule has 2 nitrogen and oxygen atoms in total. The van der Waals surface area contributed by atoms with E-state index in [1.54, 1.807) is 0 Å². The Balaban J connectivity index is 2.70. The second kappa shape index (κ2) is 6.06. The smallest absolute Gasteiger partial charge is 0.122 e. The van der Waals surface area contributed by atoms with Gasteiger partial charge in [0.2, 0.25) is 0 Å². The van der Waals surface area contributed by atoms with Crippen molar-refractivity contribution in [3.05, 3.63) is 29.3 Å². The van der Waals surface area contributed by atoms with Gasteiger partial charge in [-0.05, 0) is 50.3 Å². The number of hydrogen-bond donors (Lipinski definition) is 1. The van der Waals surface area contributed by atoms with Crippen LogP contribution in [0.15, 0.2) is 18.2 Å². The lowest BCUT2D eigenvalue weighted by Gasteiger charge is -2.20. The van der Waals surface area contributed by atoms with Crippen LogP contribution in [0.1, 0.15) is 45.2 Å². The van der Waals surface area contributed by atoms with Crippen LogP contribution >= 0.6 is 0 Å². The highest BCUT2D eigenvalue weighted by Gasteiger charge is 2.12. The van der Waals surface area contributed by atoms with Gasteiger partial charge in [0.15, 0.2) is 0 Å². The predicted octanol–water partition coefficient (Wildman–Crippen LogP) is 3.32. The second-order valence-electron chi connectivity index (χ2n) is 5.19. The van der Waals surface area contributed by atoms with Crippen molar-refractivity contribution < 1.29 is 4.74 Å². The van der Waals surface area contributed by atoms with Crippen LogP contribution in [0.4, 0.5) is 0 Å². The molecule has 0 saturated carbocycles. The third-order valence-electron chi connectivity index (χ3n) is 2.97. The number of ether oxygens (including phenoxy) is 1. The summed E-state index contributed by atoms with van der Waals surface area (Å²) in [6.07, 6.45) is 2.95. The van der Waals surface area contributed by atoms with Crippen molar-refractivity contribution in [2.75, 3.05) is 6.61 Å². The first-order valence-electron chi connectivity index (χ1n) is 6.50. The third kappa shape index (κ3) is 4.39. The van der Waals surface area contributed by atoms with E-state index in [-0.39, 0.29) is 5.54 Å². The lowest BCUT2D eigenvalue weighted by Crippen LogP contribution is -2.33. The highest BCUT2D eigenvalue weighted by atomic mass is 16.5. The molecule has 2 heteroatoms. The first-order valence-corrected chi connectivity index (χ1v) is 6.50. The standard InChI is InChI=1S/C15H25NO/c1-5-12-8-7-9-14(13(12)6-2)17-11-10-15(3,4)16/h7-9H,5-6,10-11,16H2,1-4H3. The van der Waals surface area contributed by atoms with Gasteiger partial charge in [0.05, 0.1) is 6.61 Å². The second-order valence-corrected chi connectivity index (χ2v) is 5.19. The Bertz CT molecular complexity index is 352. The number of nitrogens with two attached hydrogens (primary N) is 1. The van der Waals surface area contributed by atoms with E-state index >= 15 is 0 Å². The highest BCUT2D eigenvalue weighted by molar-refractivity contribution is 5.40. The molecule has 96 valence electrons. The van der Waals surface area contributed by atoms with Crippen molar-refractivity contribution >= 4 is 0 Å². The molecule has 17 heavy (non-hydrogen) atoms. The zero-order valence-corrected chi connectivity index (χ0v) is 11.5. The van der Waals surface area contributed by atoms with Crippen molar-refractivity contribution in [1.29, 1.82) is 0 Å². The van der Waals surface area contributed by atoms with Gasteiger partial charge in [0.1, 0.15) is 5.75 Å². The molecule has 1 aromatic rings. The van der Waals surface area contributed by atoms with Crippen LogP contribution in [-0.4, -0.2) is 12.1 Å². The van der Waals surface area contributed by atoms with Crippen molar-refractivity contribution in [2.24, 2.45) is 5.73 Å². The van der Waals surface area contributed by atoms with Gasteiger partial charge in [-0.15, -0.1) is 0 Å². The Kier molecular flexibility index (Phi) is 5.01. The van der Waals surface area contributed by atoms with Crippen LogP contribution in [0.25, 0.3) is 0 Å². The molecule has 0 heterocycles. The summed E-state index contributed by atoms with van der Waals surface area (Å²) in [5.41, 5.74) is 8.51. The molecule has 0 aromatic heterocycles. The largest absolute Gasteiger partial charge is 0.493 e. The van der Waals surface area contributed by atoms with Crippen LogP contribution in [-0.2, 0) is 12.8 Å². The summed E-state index contributed by atoms with van der Waals surface area (Å²) in [5.74, 6) is 1.02. The molecule has 1 rings (SSSR count). The van der Waals surface area contributed by atoms with E-state index in [1.165, 1.54) is 11.1 Å². The van der Waals surface area contributed by atoms with Gasteiger partial charge in [-0.25, -0.2) is 0 Å². The van der Waals surface area contributed by atoms with Crippen molar-refractivity contribution in [2.45, 2.75) is 52.5 Å². The average molecular weight is 235 g/mol. The van der Waals surface area contributed by atoms with E-state index in [2.05, 4.69) is 32.0 Å². The van der Waals surface area contributed by atoms with Crippen molar-refractivity contribution in [3.63, 3.8) is 0 Å². The maximum Gasteiger partial charge on any atom is 0.122 e. The molecule has 0 radical (unpaired) electrons. The topological polar surface area (TPSA) is 35.2 Å². The summed E-state index contributed by atoms with van der Waals surface area (Å²) >= 11 is 0. The maximum absolute atomic E-state index is 5.95. The van der Waals surface area contributed by atoms with Gasteiger partial charge in [0, 0.05) is 5.54 Å². The van der Waals surface area contributed by atoms with Gasteiger partial charge < -0.3 is 10.5 Å². The normalized spacial score (nSPS) is 11.6.